The van der Waals surface area contributed by atoms with Crippen molar-refractivity contribution in [3.05, 3.63) is 0 Å². The van der Waals surface area contributed by atoms with Gasteiger partial charge in [-0.2, -0.15) is 0 Å². The molecule has 0 saturated heterocycles. The van der Waals surface area contributed by atoms with E-state index in [2.05, 4.69) is 0 Å². The van der Waals surface area contributed by atoms with Crippen molar-refractivity contribution in [3.63, 3.8) is 0 Å². The summed E-state index contributed by atoms with van der Waals surface area (Å²) in [6.07, 6.45) is -1.17. The van der Waals surface area contributed by atoms with Gasteiger partial charge in [-0.3, -0.25) is 19.2 Å². The van der Waals surface area contributed by atoms with Crippen LogP contribution in [0.25, 0.3) is 0 Å². The molecule has 9 nitrogen and oxygen atoms in total. The first-order valence-electron chi connectivity index (χ1n) is 6.75. The van der Waals surface area contributed by atoms with E-state index in [1.807, 2.05) is 0 Å². The molecule has 6 N–H and O–H groups in total. The number of aliphatic carboxylic acids is 4. The van der Waals surface area contributed by atoms with Gasteiger partial charge in [-0.05, 0) is 24.7 Å². The summed E-state index contributed by atoms with van der Waals surface area (Å²) < 4.78 is 0. The molecule has 1 saturated carbocycles. The number of hydrogen-bond donors (Lipinski definition) is 5. The van der Waals surface area contributed by atoms with Gasteiger partial charge in [-0.25, -0.2) is 0 Å². The van der Waals surface area contributed by atoms with Crippen molar-refractivity contribution in [1.29, 1.82) is 0 Å². The molecule has 22 heavy (non-hydrogen) atoms. The summed E-state index contributed by atoms with van der Waals surface area (Å²) in [5.41, 5.74) is 4.29. The first kappa shape index (κ1) is 17.9. The maximum absolute atomic E-state index is 11.5. The molecule has 0 aromatic carbocycles. The molecule has 1 fully saturated rings. The van der Waals surface area contributed by atoms with Crippen molar-refractivity contribution < 1.29 is 39.6 Å². The van der Waals surface area contributed by atoms with Crippen LogP contribution in [0.5, 0.6) is 0 Å². The molecule has 0 aliphatic heterocycles. The zero-order valence-corrected chi connectivity index (χ0v) is 11.8. The average molecular weight is 317 g/mol. The van der Waals surface area contributed by atoms with Crippen molar-refractivity contribution in [2.24, 2.45) is 23.0 Å². The van der Waals surface area contributed by atoms with Gasteiger partial charge in [0.05, 0.1) is 24.7 Å². The van der Waals surface area contributed by atoms with Crippen LogP contribution < -0.4 is 5.73 Å². The minimum absolute atomic E-state index is 0.0263. The normalized spacial score (nSPS) is 27.0. The molecule has 124 valence electrons. The summed E-state index contributed by atoms with van der Waals surface area (Å²) in [5, 5.41) is 36.5. The van der Waals surface area contributed by atoms with Crippen molar-refractivity contribution in [2.75, 3.05) is 0 Å². The number of rotatable bonds is 8. The summed E-state index contributed by atoms with van der Waals surface area (Å²) in [5.74, 6) is -8.67. The number of hydrogen-bond acceptors (Lipinski definition) is 5. The summed E-state index contributed by atoms with van der Waals surface area (Å²) >= 11 is 0. The highest BCUT2D eigenvalue weighted by Crippen LogP contribution is 2.52. The molecule has 1 aliphatic rings. The van der Waals surface area contributed by atoms with E-state index in [0.29, 0.717) is 6.42 Å². The van der Waals surface area contributed by atoms with Gasteiger partial charge in [-0.15, -0.1) is 0 Å². The van der Waals surface area contributed by atoms with Crippen molar-refractivity contribution in [3.8, 4) is 0 Å². The van der Waals surface area contributed by atoms with Crippen molar-refractivity contribution in [1.82, 2.24) is 0 Å². The van der Waals surface area contributed by atoms with Crippen molar-refractivity contribution in [2.45, 2.75) is 38.1 Å². The van der Waals surface area contributed by atoms with E-state index in [9.17, 15) is 29.4 Å². The minimum Gasteiger partial charge on any atom is -0.481 e. The van der Waals surface area contributed by atoms with E-state index in [0.717, 1.165) is 0 Å². The maximum Gasteiger partial charge on any atom is 0.307 e. The van der Waals surface area contributed by atoms with E-state index < -0.39 is 60.0 Å². The molecule has 0 bridgehead atoms. The second-order valence-corrected chi connectivity index (χ2v) is 5.71. The molecule has 3 unspecified atom stereocenters. The lowest BCUT2D eigenvalue weighted by atomic mass is 9.63. The number of nitrogens with two attached hydrogens (primary N) is 1. The van der Waals surface area contributed by atoms with Gasteiger partial charge in [0, 0.05) is 6.04 Å². The van der Waals surface area contributed by atoms with E-state index >= 15 is 0 Å². The fourth-order valence-corrected chi connectivity index (χ4v) is 3.44. The van der Waals surface area contributed by atoms with Crippen molar-refractivity contribution >= 4 is 23.9 Å². The number of carbonyl (C=O) groups is 4. The Labute approximate surface area is 125 Å². The third kappa shape index (κ3) is 3.73. The van der Waals surface area contributed by atoms with Gasteiger partial charge in [0.1, 0.15) is 0 Å². The highest BCUT2D eigenvalue weighted by molar-refractivity contribution is 5.82. The van der Waals surface area contributed by atoms with Crippen LogP contribution in [-0.2, 0) is 19.2 Å². The second kappa shape index (κ2) is 6.73. The number of carboxylic acids is 4. The van der Waals surface area contributed by atoms with Gasteiger partial charge >= 0.3 is 23.9 Å². The van der Waals surface area contributed by atoms with Gasteiger partial charge in [0.2, 0.25) is 0 Å². The standard InChI is InChI=1S/C13H19NO8/c14-6-1-2-13(5-6,7(11(19)20)3-9(15)16)8(12(21)22)4-10(17)18/h6-8H,1-5,14H2,(H,15,16)(H,17,18)(H,19,20)(H,21,22). The lowest BCUT2D eigenvalue weighted by molar-refractivity contribution is -0.164. The Kier molecular flexibility index (Phi) is 5.48. The fourth-order valence-electron chi connectivity index (χ4n) is 3.44. The zero-order chi connectivity index (χ0) is 17.1. The molecular weight excluding hydrogens is 298 g/mol. The first-order chi connectivity index (χ1) is 10.1. The second-order valence-electron chi connectivity index (χ2n) is 5.71. The Balaban J connectivity index is 3.33. The van der Waals surface area contributed by atoms with Crippen LogP contribution in [0.4, 0.5) is 0 Å². The van der Waals surface area contributed by atoms with Gasteiger partial charge in [-0.1, -0.05) is 0 Å². The monoisotopic (exact) mass is 317 g/mol. The lowest BCUT2D eigenvalue weighted by Crippen LogP contribution is -2.46. The average Bonchev–Trinajstić information content (AvgIpc) is 2.75. The van der Waals surface area contributed by atoms with E-state index in [-0.39, 0.29) is 12.8 Å². The third-order valence-electron chi connectivity index (χ3n) is 4.36. The first-order valence-corrected chi connectivity index (χ1v) is 6.75. The predicted molar refractivity (Wildman–Crippen MR) is 71.0 cm³/mol. The van der Waals surface area contributed by atoms with Crippen LogP contribution >= 0.6 is 0 Å². The van der Waals surface area contributed by atoms with Crippen LogP contribution in [0.2, 0.25) is 0 Å². The zero-order valence-electron chi connectivity index (χ0n) is 11.8. The van der Waals surface area contributed by atoms with Crippen LogP contribution in [0.3, 0.4) is 0 Å². The van der Waals surface area contributed by atoms with Gasteiger partial charge in [0.15, 0.2) is 0 Å². The van der Waals surface area contributed by atoms with Gasteiger partial charge < -0.3 is 26.2 Å². The smallest absolute Gasteiger partial charge is 0.307 e. The van der Waals surface area contributed by atoms with Crippen LogP contribution in [-0.4, -0.2) is 50.3 Å². The largest absolute Gasteiger partial charge is 0.481 e. The maximum atomic E-state index is 11.5. The minimum atomic E-state index is -1.50. The van der Waals surface area contributed by atoms with Crippen LogP contribution in [0.15, 0.2) is 0 Å². The molecule has 3 atom stereocenters. The Bertz CT molecular complexity index is 454. The molecule has 0 spiro atoms. The predicted octanol–water partition coefficient (Wildman–Crippen LogP) is -0.165. The van der Waals surface area contributed by atoms with E-state index in [4.69, 9.17) is 15.9 Å². The Morgan fingerprint density at radius 2 is 1.36 bits per heavy atom. The summed E-state index contributed by atoms with van der Waals surface area (Å²) in [4.78, 5) is 44.9. The van der Waals surface area contributed by atoms with E-state index in [1.165, 1.54) is 0 Å². The highest BCUT2D eigenvalue weighted by Gasteiger charge is 2.55. The quantitative estimate of drug-likeness (QED) is 0.407. The fraction of sp³-hybridized carbons (Fsp3) is 0.692. The molecular formula is C13H19NO8. The SMILES string of the molecule is NC1CCC(C(CC(=O)O)C(=O)O)(C(CC(=O)O)C(=O)O)C1. The number of carboxylic acid groups (broad SMARTS) is 4. The Hall–Kier alpha value is -2.16. The molecule has 1 rings (SSSR count). The van der Waals surface area contributed by atoms with Crippen LogP contribution in [0, 0.1) is 17.3 Å². The van der Waals surface area contributed by atoms with Gasteiger partial charge in [0.25, 0.3) is 0 Å². The summed E-state index contributed by atoms with van der Waals surface area (Å²) in [6.45, 7) is 0. The molecule has 0 aromatic rings. The summed E-state index contributed by atoms with van der Waals surface area (Å²) in [6, 6.07) is -0.480. The Morgan fingerprint density at radius 3 is 1.59 bits per heavy atom. The van der Waals surface area contributed by atoms with Crippen LogP contribution in [0.1, 0.15) is 32.1 Å². The molecule has 0 heterocycles. The van der Waals surface area contributed by atoms with E-state index in [1.54, 1.807) is 0 Å². The molecule has 0 amide bonds. The molecule has 0 aromatic heterocycles. The molecule has 0 radical (unpaired) electrons. The molecule has 1 aliphatic carbocycles. The molecule has 9 heteroatoms. The lowest BCUT2D eigenvalue weighted by Gasteiger charge is -2.39. The highest BCUT2D eigenvalue weighted by atomic mass is 16.4. The Morgan fingerprint density at radius 1 is 0.955 bits per heavy atom. The summed E-state index contributed by atoms with van der Waals surface area (Å²) in [7, 11) is 0. The topological polar surface area (TPSA) is 175 Å². The third-order valence-corrected chi connectivity index (χ3v) is 4.36.